The van der Waals surface area contributed by atoms with Crippen molar-refractivity contribution < 1.29 is 4.79 Å². The lowest BCUT2D eigenvalue weighted by molar-refractivity contribution is 0.0768. The predicted molar refractivity (Wildman–Crippen MR) is 137 cm³/mol. The number of nitrogens with one attached hydrogen (secondary N) is 2. The lowest BCUT2D eigenvalue weighted by Crippen LogP contribution is -2.34. The van der Waals surface area contributed by atoms with E-state index in [2.05, 4.69) is 37.1 Å². The second kappa shape index (κ2) is 8.78. The fraction of sp³-hybridized carbons (Fsp3) is 0.333. The van der Waals surface area contributed by atoms with Gasteiger partial charge in [-0.05, 0) is 68.4 Å². The van der Waals surface area contributed by atoms with Gasteiger partial charge in [0.05, 0.1) is 11.4 Å². The Labute approximate surface area is 204 Å². The maximum Gasteiger partial charge on any atom is 0.270 e. The maximum absolute atomic E-state index is 13.3. The van der Waals surface area contributed by atoms with Gasteiger partial charge in [-0.1, -0.05) is 13.0 Å². The number of hydrogen-bond donors (Lipinski definition) is 2. The molecule has 1 unspecified atom stereocenters. The first-order valence-electron chi connectivity index (χ1n) is 12.3. The van der Waals surface area contributed by atoms with Gasteiger partial charge in [-0.2, -0.15) is 0 Å². The molecular weight excluding hydrogens is 438 g/mol. The van der Waals surface area contributed by atoms with Crippen LogP contribution in [-0.2, 0) is 0 Å². The topological polar surface area (TPSA) is 90.0 Å². The van der Waals surface area contributed by atoms with Crippen LogP contribution in [0.1, 0.15) is 30.3 Å². The highest BCUT2D eigenvalue weighted by Gasteiger charge is 2.44. The highest BCUT2D eigenvalue weighted by Crippen LogP contribution is 2.39. The summed E-state index contributed by atoms with van der Waals surface area (Å²) in [6, 6.07) is 15.5. The molecule has 1 amide bonds. The summed E-state index contributed by atoms with van der Waals surface area (Å²) in [5.74, 6) is 0.591. The number of likely N-dealkylation sites (tertiary alicyclic amines) is 2. The van der Waals surface area contributed by atoms with Crippen molar-refractivity contribution in [1.82, 2.24) is 29.7 Å². The minimum absolute atomic E-state index is 0.0916. The SMILES string of the molecule is CCN1CCC2(CCN(C(=O)c3cc4cc(Nc5nccc(-c6ccccn6)n5)ccc4[nH]3)C2)C1. The zero-order valence-electron chi connectivity index (χ0n) is 19.9. The van der Waals surface area contributed by atoms with Crippen LogP contribution in [0, 0.1) is 5.41 Å². The number of pyridine rings is 1. The van der Waals surface area contributed by atoms with Crippen LogP contribution in [0.15, 0.2) is 60.9 Å². The largest absolute Gasteiger partial charge is 0.351 e. The van der Waals surface area contributed by atoms with Crippen LogP contribution in [-0.4, -0.2) is 68.4 Å². The lowest BCUT2D eigenvalue weighted by Gasteiger charge is -2.24. The van der Waals surface area contributed by atoms with E-state index in [1.165, 1.54) is 6.42 Å². The monoisotopic (exact) mass is 467 g/mol. The molecule has 2 fully saturated rings. The molecule has 2 N–H and O–H groups in total. The summed E-state index contributed by atoms with van der Waals surface area (Å²) in [4.78, 5) is 34.5. The van der Waals surface area contributed by atoms with Crippen LogP contribution in [0.25, 0.3) is 22.3 Å². The molecule has 0 bridgehead atoms. The zero-order chi connectivity index (χ0) is 23.8. The van der Waals surface area contributed by atoms with Crippen LogP contribution >= 0.6 is 0 Å². The highest BCUT2D eigenvalue weighted by molar-refractivity contribution is 5.99. The standard InChI is InChI=1S/C27H29N7O/c1-2-33-13-9-27(17-33)10-14-34(18-27)25(35)24-16-19-15-20(6-7-21(19)31-24)30-26-29-12-8-23(32-26)22-5-3-4-11-28-22/h3-8,11-12,15-16,31H,2,9-10,13-14,17-18H2,1H3,(H,29,30,32). The number of amides is 1. The third-order valence-electron chi connectivity index (χ3n) is 7.38. The summed E-state index contributed by atoms with van der Waals surface area (Å²) in [7, 11) is 0. The van der Waals surface area contributed by atoms with Crippen molar-refractivity contribution in [2.45, 2.75) is 19.8 Å². The average molecular weight is 468 g/mol. The molecule has 6 rings (SSSR count). The molecule has 8 heteroatoms. The second-order valence-corrected chi connectivity index (χ2v) is 9.69. The highest BCUT2D eigenvalue weighted by atomic mass is 16.2. The van der Waals surface area contributed by atoms with E-state index in [0.29, 0.717) is 11.6 Å². The molecule has 178 valence electrons. The van der Waals surface area contributed by atoms with Crippen LogP contribution < -0.4 is 5.32 Å². The Morgan fingerprint density at radius 2 is 1.94 bits per heavy atom. The van der Waals surface area contributed by atoms with Crippen molar-refractivity contribution in [3.05, 3.63) is 66.6 Å². The minimum atomic E-state index is 0.0916. The van der Waals surface area contributed by atoms with Gasteiger partial charge in [-0.15, -0.1) is 0 Å². The van der Waals surface area contributed by atoms with E-state index < -0.39 is 0 Å². The summed E-state index contributed by atoms with van der Waals surface area (Å²) in [6.45, 7) is 7.26. The van der Waals surface area contributed by atoms with E-state index in [1.54, 1.807) is 12.4 Å². The van der Waals surface area contributed by atoms with Crippen molar-refractivity contribution in [2.24, 2.45) is 5.41 Å². The number of anilines is 2. The molecule has 0 radical (unpaired) electrons. The second-order valence-electron chi connectivity index (χ2n) is 9.69. The number of carbonyl (C=O) groups is 1. The fourth-order valence-electron chi connectivity index (χ4n) is 5.44. The number of fused-ring (bicyclic) bond motifs is 1. The van der Waals surface area contributed by atoms with Gasteiger partial charge in [-0.25, -0.2) is 9.97 Å². The van der Waals surface area contributed by atoms with Gasteiger partial charge < -0.3 is 20.1 Å². The first-order valence-corrected chi connectivity index (χ1v) is 12.3. The van der Waals surface area contributed by atoms with Crippen molar-refractivity contribution in [3.63, 3.8) is 0 Å². The number of benzene rings is 1. The van der Waals surface area contributed by atoms with Gasteiger partial charge in [0.2, 0.25) is 5.95 Å². The quantitative estimate of drug-likeness (QED) is 0.454. The normalized spacial score (nSPS) is 20.2. The first kappa shape index (κ1) is 21.7. The Bertz CT molecular complexity index is 1370. The molecule has 5 heterocycles. The van der Waals surface area contributed by atoms with E-state index >= 15 is 0 Å². The maximum atomic E-state index is 13.3. The average Bonchev–Trinajstić information content (AvgIpc) is 3.63. The van der Waals surface area contributed by atoms with Crippen molar-refractivity contribution in [3.8, 4) is 11.4 Å². The third-order valence-corrected chi connectivity index (χ3v) is 7.38. The van der Waals surface area contributed by atoms with E-state index in [4.69, 9.17) is 0 Å². The smallest absolute Gasteiger partial charge is 0.270 e. The van der Waals surface area contributed by atoms with E-state index in [0.717, 1.165) is 67.1 Å². The van der Waals surface area contributed by atoms with Gasteiger partial charge >= 0.3 is 0 Å². The Morgan fingerprint density at radius 1 is 1.03 bits per heavy atom. The lowest BCUT2D eigenvalue weighted by atomic mass is 9.86. The number of H-pyrrole nitrogens is 1. The number of carbonyl (C=O) groups excluding carboxylic acids is 1. The number of rotatable bonds is 5. The predicted octanol–water partition coefficient (Wildman–Crippen LogP) is 4.32. The molecule has 35 heavy (non-hydrogen) atoms. The van der Waals surface area contributed by atoms with Crippen molar-refractivity contribution in [2.75, 3.05) is 38.0 Å². The number of nitrogens with zero attached hydrogens (tertiary/aromatic N) is 5. The molecular formula is C27H29N7O. The van der Waals surface area contributed by atoms with E-state index in [1.807, 2.05) is 53.4 Å². The molecule has 4 aromatic rings. The van der Waals surface area contributed by atoms with E-state index in [-0.39, 0.29) is 11.3 Å². The number of aromatic amines is 1. The van der Waals surface area contributed by atoms with Gasteiger partial charge in [-0.3, -0.25) is 9.78 Å². The van der Waals surface area contributed by atoms with Crippen molar-refractivity contribution in [1.29, 1.82) is 0 Å². The molecule has 0 saturated carbocycles. The summed E-state index contributed by atoms with van der Waals surface area (Å²) < 4.78 is 0. The molecule has 1 aromatic carbocycles. The van der Waals surface area contributed by atoms with Crippen molar-refractivity contribution >= 4 is 28.4 Å². The van der Waals surface area contributed by atoms with Crippen LogP contribution in [0.2, 0.25) is 0 Å². The Kier molecular flexibility index (Phi) is 5.45. The summed E-state index contributed by atoms with van der Waals surface area (Å²) >= 11 is 0. The zero-order valence-corrected chi connectivity index (χ0v) is 19.9. The van der Waals surface area contributed by atoms with Crippen LogP contribution in [0.4, 0.5) is 11.6 Å². The van der Waals surface area contributed by atoms with Gasteiger partial charge in [0, 0.05) is 54.0 Å². The Hall–Kier alpha value is -3.78. The van der Waals surface area contributed by atoms with E-state index in [9.17, 15) is 4.79 Å². The number of aromatic nitrogens is 4. The Morgan fingerprint density at radius 3 is 2.77 bits per heavy atom. The fourth-order valence-corrected chi connectivity index (χ4v) is 5.44. The van der Waals surface area contributed by atoms with Gasteiger partial charge in [0.1, 0.15) is 5.69 Å². The summed E-state index contributed by atoms with van der Waals surface area (Å²) in [5, 5.41) is 4.26. The minimum Gasteiger partial charge on any atom is -0.351 e. The first-order chi connectivity index (χ1) is 17.1. The molecule has 2 saturated heterocycles. The van der Waals surface area contributed by atoms with Crippen LogP contribution in [0.5, 0.6) is 0 Å². The molecule has 2 aliphatic rings. The Balaban J connectivity index is 1.18. The van der Waals surface area contributed by atoms with Gasteiger partial charge in [0.15, 0.2) is 0 Å². The molecule has 1 spiro atoms. The van der Waals surface area contributed by atoms with Crippen LogP contribution in [0.3, 0.4) is 0 Å². The summed E-state index contributed by atoms with van der Waals surface area (Å²) in [6.07, 6.45) is 5.76. The molecule has 1 atom stereocenters. The summed E-state index contributed by atoms with van der Waals surface area (Å²) in [5.41, 5.74) is 4.28. The number of hydrogen-bond acceptors (Lipinski definition) is 6. The molecule has 0 aliphatic carbocycles. The molecule has 3 aromatic heterocycles. The van der Waals surface area contributed by atoms with Gasteiger partial charge in [0.25, 0.3) is 5.91 Å². The molecule has 2 aliphatic heterocycles. The molecule has 8 nitrogen and oxygen atoms in total. The third kappa shape index (κ3) is 4.25.